The van der Waals surface area contributed by atoms with E-state index in [2.05, 4.69) is 15.3 Å². The van der Waals surface area contributed by atoms with Crippen LogP contribution in [-0.2, 0) is 4.79 Å². The lowest BCUT2D eigenvalue weighted by atomic mass is 10.2. The van der Waals surface area contributed by atoms with Crippen LogP contribution < -0.4 is 19.7 Å². The van der Waals surface area contributed by atoms with Crippen LogP contribution in [0.3, 0.4) is 0 Å². The molecule has 0 radical (unpaired) electrons. The van der Waals surface area contributed by atoms with Gasteiger partial charge in [0, 0.05) is 24.2 Å². The number of fused-ring (bicyclic) bond motifs is 2. The Kier molecular flexibility index (Phi) is 3.80. The van der Waals surface area contributed by atoms with E-state index in [1.807, 2.05) is 6.07 Å². The number of carbonyl (C=O) groups excluding carboxylic acids is 1. The highest BCUT2D eigenvalue weighted by molar-refractivity contribution is 5.98. The zero-order chi connectivity index (χ0) is 18.3. The van der Waals surface area contributed by atoms with Gasteiger partial charge in [0.25, 0.3) is 5.91 Å². The lowest BCUT2D eigenvalue weighted by Gasteiger charge is -2.26. The van der Waals surface area contributed by atoms with E-state index in [4.69, 9.17) is 9.47 Å². The first kappa shape index (κ1) is 16.1. The fraction of sp³-hybridized carbons (Fsp3) is 0.167. The lowest BCUT2D eigenvalue weighted by Crippen LogP contribution is -2.35. The van der Waals surface area contributed by atoms with E-state index in [1.165, 1.54) is 19.5 Å². The fourth-order valence-corrected chi connectivity index (χ4v) is 2.80. The third kappa shape index (κ3) is 2.65. The molecule has 8 heteroatoms. The maximum Gasteiger partial charge on any atom is 0.264 e. The molecule has 0 unspecified atom stereocenters. The molecule has 2 heterocycles. The van der Waals surface area contributed by atoms with Crippen molar-refractivity contribution in [3.05, 3.63) is 42.5 Å². The average Bonchev–Trinajstić information content (AvgIpc) is 2.65. The third-order valence-corrected chi connectivity index (χ3v) is 4.22. The Hall–Kier alpha value is -3.42. The molecular weight excluding hydrogens is 339 g/mol. The van der Waals surface area contributed by atoms with Crippen molar-refractivity contribution in [2.24, 2.45) is 0 Å². The number of ether oxygens (including phenoxy) is 2. The second kappa shape index (κ2) is 6.14. The van der Waals surface area contributed by atoms with Crippen molar-refractivity contribution in [1.82, 2.24) is 9.97 Å². The Bertz CT molecular complexity index is 1020. The van der Waals surface area contributed by atoms with E-state index >= 15 is 0 Å². The second-order valence-corrected chi connectivity index (χ2v) is 5.78. The Balaban J connectivity index is 1.75. The number of aromatic nitrogens is 2. The van der Waals surface area contributed by atoms with Crippen molar-refractivity contribution >= 4 is 34.0 Å². The number of methoxy groups -OCH3 is 1. The quantitative estimate of drug-likeness (QED) is 0.779. The van der Waals surface area contributed by atoms with Crippen LogP contribution in [0.5, 0.6) is 11.5 Å². The molecule has 0 atom stereocenters. The van der Waals surface area contributed by atoms with Crippen LogP contribution in [0.4, 0.5) is 21.6 Å². The second-order valence-electron chi connectivity index (χ2n) is 5.78. The molecule has 0 spiro atoms. The summed E-state index contributed by atoms with van der Waals surface area (Å²) in [5.74, 6) is 0.630. The largest absolute Gasteiger partial charge is 0.494 e. The van der Waals surface area contributed by atoms with E-state index in [0.29, 0.717) is 33.8 Å². The Morgan fingerprint density at radius 2 is 2.12 bits per heavy atom. The Morgan fingerprint density at radius 1 is 1.27 bits per heavy atom. The molecule has 0 aliphatic carbocycles. The predicted octanol–water partition coefficient (Wildman–Crippen LogP) is 2.88. The van der Waals surface area contributed by atoms with Gasteiger partial charge in [-0.1, -0.05) is 0 Å². The van der Waals surface area contributed by atoms with Crippen LogP contribution in [0.1, 0.15) is 0 Å². The number of hydrogen-bond acceptors (Lipinski definition) is 6. The molecule has 1 aromatic heterocycles. The minimum atomic E-state index is -0.490. The number of anilines is 3. The molecular formula is C18H15FN4O3. The van der Waals surface area contributed by atoms with Crippen LogP contribution in [0, 0.1) is 5.82 Å². The highest BCUT2D eigenvalue weighted by atomic mass is 19.1. The summed E-state index contributed by atoms with van der Waals surface area (Å²) in [4.78, 5) is 21.7. The van der Waals surface area contributed by atoms with Gasteiger partial charge in [0.1, 0.15) is 17.9 Å². The maximum atomic E-state index is 13.9. The monoisotopic (exact) mass is 354 g/mol. The first-order chi connectivity index (χ1) is 12.6. The fourth-order valence-electron chi connectivity index (χ4n) is 2.80. The van der Waals surface area contributed by atoms with Crippen LogP contribution >= 0.6 is 0 Å². The van der Waals surface area contributed by atoms with Crippen molar-refractivity contribution in [3.63, 3.8) is 0 Å². The number of nitrogens with zero attached hydrogens (tertiary/aromatic N) is 3. The maximum absolute atomic E-state index is 13.9. The van der Waals surface area contributed by atoms with Gasteiger partial charge in [-0.3, -0.25) is 4.79 Å². The number of benzene rings is 2. The zero-order valence-electron chi connectivity index (χ0n) is 14.1. The number of halogens is 1. The van der Waals surface area contributed by atoms with Gasteiger partial charge in [-0.25, -0.2) is 14.4 Å². The summed E-state index contributed by atoms with van der Waals surface area (Å²) < 4.78 is 24.4. The topological polar surface area (TPSA) is 76.6 Å². The summed E-state index contributed by atoms with van der Waals surface area (Å²) in [5.41, 5.74) is 1.82. The summed E-state index contributed by atoms with van der Waals surface area (Å²) in [7, 11) is 3.10. The van der Waals surface area contributed by atoms with Crippen molar-refractivity contribution < 1.29 is 18.7 Å². The van der Waals surface area contributed by atoms with Gasteiger partial charge >= 0.3 is 0 Å². The van der Waals surface area contributed by atoms with Crippen molar-refractivity contribution in [3.8, 4) is 11.5 Å². The predicted molar refractivity (Wildman–Crippen MR) is 94.7 cm³/mol. The number of rotatable bonds is 3. The third-order valence-electron chi connectivity index (χ3n) is 4.22. The molecule has 2 aromatic carbocycles. The minimum Gasteiger partial charge on any atom is -0.494 e. The number of hydrogen-bond donors (Lipinski definition) is 1. The van der Waals surface area contributed by atoms with Gasteiger partial charge in [0.15, 0.2) is 18.2 Å². The lowest BCUT2D eigenvalue weighted by molar-refractivity contribution is -0.120. The van der Waals surface area contributed by atoms with Gasteiger partial charge in [-0.05, 0) is 24.3 Å². The molecule has 1 aliphatic heterocycles. The molecule has 0 fully saturated rings. The molecule has 1 amide bonds. The van der Waals surface area contributed by atoms with Gasteiger partial charge in [0.05, 0.1) is 18.3 Å². The number of nitrogens with one attached hydrogen (secondary N) is 1. The molecule has 132 valence electrons. The highest BCUT2D eigenvalue weighted by Crippen LogP contribution is 2.35. The normalized spacial score (nSPS) is 13.3. The molecule has 1 aliphatic rings. The molecule has 26 heavy (non-hydrogen) atoms. The van der Waals surface area contributed by atoms with E-state index in [9.17, 15) is 9.18 Å². The average molecular weight is 354 g/mol. The Morgan fingerprint density at radius 3 is 2.92 bits per heavy atom. The van der Waals surface area contributed by atoms with Gasteiger partial charge in [0.2, 0.25) is 0 Å². The zero-order valence-corrected chi connectivity index (χ0v) is 14.1. The van der Waals surface area contributed by atoms with Crippen molar-refractivity contribution in [2.75, 3.05) is 31.0 Å². The van der Waals surface area contributed by atoms with Crippen LogP contribution in [0.15, 0.2) is 36.7 Å². The molecule has 4 rings (SSSR count). The van der Waals surface area contributed by atoms with Crippen LogP contribution in [-0.4, -0.2) is 36.6 Å². The molecule has 0 saturated carbocycles. The highest BCUT2D eigenvalue weighted by Gasteiger charge is 2.22. The van der Waals surface area contributed by atoms with E-state index in [0.717, 1.165) is 0 Å². The standard InChI is InChI=1S/C18H15FN4O3/c1-23-14-5-10(3-4-15(14)26-8-17(23)24)22-18-11-6-16(25-2)12(19)7-13(11)20-9-21-18/h3-7,9H,8H2,1-2H3,(H,20,21,22). The first-order valence-corrected chi connectivity index (χ1v) is 7.85. The van der Waals surface area contributed by atoms with E-state index in [-0.39, 0.29) is 18.3 Å². The Labute approximate surface area is 148 Å². The molecule has 1 N–H and O–H groups in total. The summed E-state index contributed by atoms with van der Waals surface area (Å²) in [6.45, 7) is 0.0260. The molecule has 0 bridgehead atoms. The van der Waals surface area contributed by atoms with Crippen molar-refractivity contribution in [1.29, 1.82) is 0 Å². The summed E-state index contributed by atoms with van der Waals surface area (Å²) >= 11 is 0. The smallest absolute Gasteiger partial charge is 0.264 e. The summed E-state index contributed by atoms with van der Waals surface area (Å²) in [5, 5.41) is 3.80. The van der Waals surface area contributed by atoms with Crippen LogP contribution in [0.2, 0.25) is 0 Å². The molecule has 7 nitrogen and oxygen atoms in total. The van der Waals surface area contributed by atoms with E-state index in [1.54, 1.807) is 30.1 Å². The van der Waals surface area contributed by atoms with Gasteiger partial charge < -0.3 is 19.7 Å². The van der Waals surface area contributed by atoms with E-state index < -0.39 is 5.82 Å². The molecule has 0 saturated heterocycles. The van der Waals surface area contributed by atoms with Gasteiger partial charge in [-0.2, -0.15) is 0 Å². The number of likely N-dealkylation sites (N-methyl/N-ethyl adjacent to an activating group) is 1. The number of carbonyl (C=O) groups is 1. The van der Waals surface area contributed by atoms with Crippen LogP contribution in [0.25, 0.3) is 10.9 Å². The summed E-state index contributed by atoms with van der Waals surface area (Å²) in [6, 6.07) is 8.24. The molecule has 3 aromatic rings. The minimum absolute atomic E-state index is 0.0260. The number of amides is 1. The SMILES string of the molecule is COc1cc2c(Nc3ccc4c(c3)N(C)C(=O)CO4)ncnc2cc1F. The summed E-state index contributed by atoms with van der Waals surface area (Å²) in [6.07, 6.45) is 1.35. The van der Waals surface area contributed by atoms with Gasteiger partial charge in [-0.15, -0.1) is 0 Å². The van der Waals surface area contributed by atoms with Crippen molar-refractivity contribution in [2.45, 2.75) is 0 Å². The first-order valence-electron chi connectivity index (χ1n) is 7.85.